The Bertz CT molecular complexity index is 505. The summed E-state index contributed by atoms with van der Waals surface area (Å²) in [6.45, 7) is 6.89. The highest BCUT2D eigenvalue weighted by molar-refractivity contribution is 7.89. The van der Waals surface area contributed by atoms with Gasteiger partial charge >= 0.3 is 0 Å². The number of nitrogens with zero attached hydrogens (tertiary/aromatic N) is 2. The third-order valence-electron chi connectivity index (χ3n) is 3.24. The van der Waals surface area contributed by atoms with E-state index in [1.165, 1.54) is 9.87 Å². The van der Waals surface area contributed by atoms with E-state index in [4.69, 9.17) is 0 Å². The van der Waals surface area contributed by atoms with Crippen molar-refractivity contribution < 1.29 is 8.42 Å². The molecule has 0 atom stereocenters. The van der Waals surface area contributed by atoms with Gasteiger partial charge in [0.05, 0.1) is 23.7 Å². The van der Waals surface area contributed by atoms with Gasteiger partial charge in [0.25, 0.3) is 0 Å². The zero-order valence-electron chi connectivity index (χ0n) is 10.5. The Hall–Kier alpha value is -0.880. The molecule has 0 radical (unpaired) electrons. The molecule has 0 aromatic carbocycles. The van der Waals surface area contributed by atoms with Crippen LogP contribution < -0.4 is 0 Å². The van der Waals surface area contributed by atoms with Crippen molar-refractivity contribution in [2.45, 2.75) is 39.7 Å². The quantitative estimate of drug-likeness (QED) is 0.886. The maximum Gasteiger partial charge on any atom is 0.214 e. The summed E-state index contributed by atoms with van der Waals surface area (Å²) in [5, 5.41) is 7.27. The van der Waals surface area contributed by atoms with Gasteiger partial charge in [-0.05, 0) is 24.8 Å². The van der Waals surface area contributed by atoms with Crippen molar-refractivity contribution in [3.63, 3.8) is 0 Å². The average Bonchev–Trinajstić information content (AvgIpc) is 2.71. The van der Waals surface area contributed by atoms with Crippen LogP contribution in [0.3, 0.4) is 0 Å². The first-order valence-corrected chi connectivity index (χ1v) is 7.60. The summed E-state index contributed by atoms with van der Waals surface area (Å²) in [5.41, 5.74) is 3.24. The first-order chi connectivity index (χ1) is 7.95. The zero-order valence-corrected chi connectivity index (χ0v) is 11.3. The average molecular weight is 257 g/mol. The maximum atomic E-state index is 11.8. The van der Waals surface area contributed by atoms with E-state index in [9.17, 15) is 8.42 Å². The Balaban J connectivity index is 2.27. The summed E-state index contributed by atoms with van der Waals surface area (Å²) < 4.78 is 25.1. The molecule has 5 nitrogen and oxygen atoms in total. The van der Waals surface area contributed by atoms with Crippen LogP contribution in [-0.4, -0.2) is 35.2 Å². The molecular formula is C11H19N3O2S. The largest absolute Gasteiger partial charge is 0.281 e. The minimum absolute atomic E-state index is 0.160. The molecule has 0 fully saturated rings. The number of hydrogen-bond acceptors (Lipinski definition) is 3. The third-order valence-corrected chi connectivity index (χ3v) is 5.06. The van der Waals surface area contributed by atoms with Gasteiger partial charge in [-0.3, -0.25) is 5.10 Å². The van der Waals surface area contributed by atoms with Crippen LogP contribution in [0.5, 0.6) is 0 Å². The van der Waals surface area contributed by atoms with E-state index in [0.29, 0.717) is 19.0 Å². The topological polar surface area (TPSA) is 66.1 Å². The van der Waals surface area contributed by atoms with Gasteiger partial charge in [-0.25, -0.2) is 8.42 Å². The van der Waals surface area contributed by atoms with Crippen molar-refractivity contribution >= 4 is 10.0 Å². The second-order valence-corrected chi connectivity index (χ2v) is 6.96. The molecule has 1 aliphatic rings. The Morgan fingerprint density at radius 2 is 2.18 bits per heavy atom. The second-order valence-electron chi connectivity index (χ2n) is 4.70. The van der Waals surface area contributed by atoms with E-state index in [0.717, 1.165) is 17.8 Å². The molecule has 0 amide bonds. The Labute approximate surface area is 102 Å². The molecule has 1 N–H and O–H groups in total. The molecule has 0 saturated carbocycles. The van der Waals surface area contributed by atoms with E-state index in [2.05, 4.69) is 24.0 Å². The van der Waals surface area contributed by atoms with Gasteiger partial charge < -0.3 is 0 Å². The van der Waals surface area contributed by atoms with E-state index >= 15 is 0 Å². The molecule has 1 aromatic rings. The summed E-state index contributed by atoms with van der Waals surface area (Å²) >= 11 is 0. The van der Waals surface area contributed by atoms with E-state index in [1.807, 2.05) is 0 Å². The molecule has 0 unspecified atom stereocenters. The summed E-state index contributed by atoms with van der Waals surface area (Å²) in [7, 11) is -3.09. The SMILES string of the molecule is CCS(=O)(=O)N1CCc2c(C(C)C)n[nH]c2C1. The summed E-state index contributed by atoms with van der Waals surface area (Å²) in [4.78, 5) is 0. The molecule has 0 saturated heterocycles. The van der Waals surface area contributed by atoms with E-state index in [1.54, 1.807) is 6.92 Å². The van der Waals surface area contributed by atoms with E-state index < -0.39 is 10.0 Å². The van der Waals surface area contributed by atoms with Crippen molar-refractivity contribution in [2.75, 3.05) is 12.3 Å². The van der Waals surface area contributed by atoms with Crippen molar-refractivity contribution in [1.82, 2.24) is 14.5 Å². The summed E-state index contributed by atoms with van der Waals surface area (Å²) in [6.07, 6.45) is 0.762. The third kappa shape index (κ3) is 2.24. The van der Waals surface area contributed by atoms with Crippen LogP contribution in [0.15, 0.2) is 0 Å². The Kier molecular flexibility index (Phi) is 3.27. The molecule has 1 aliphatic heterocycles. The predicted octanol–water partition coefficient (Wildman–Crippen LogP) is 1.24. The number of nitrogens with one attached hydrogen (secondary N) is 1. The van der Waals surface area contributed by atoms with E-state index in [-0.39, 0.29) is 5.75 Å². The molecule has 0 aliphatic carbocycles. The van der Waals surface area contributed by atoms with Crippen molar-refractivity contribution in [3.8, 4) is 0 Å². The lowest BCUT2D eigenvalue weighted by atomic mass is 9.99. The van der Waals surface area contributed by atoms with Crippen molar-refractivity contribution in [2.24, 2.45) is 0 Å². The fourth-order valence-corrected chi connectivity index (χ4v) is 3.28. The highest BCUT2D eigenvalue weighted by Crippen LogP contribution is 2.26. The summed E-state index contributed by atoms with van der Waals surface area (Å²) in [6, 6.07) is 0. The van der Waals surface area contributed by atoms with Crippen LogP contribution in [-0.2, 0) is 23.0 Å². The predicted molar refractivity (Wildman–Crippen MR) is 66.3 cm³/mol. The summed E-state index contributed by atoms with van der Waals surface area (Å²) in [5.74, 6) is 0.539. The lowest BCUT2D eigenvalue weighted by Gasteiger charge is -2.25. The number of H-pyrrole nitrogens is 1. The highest BCUT2D eigenvalue weighted by atomic mass is 32.2. The first kappa shape index (κ1) is 12.6. The number of fused-ring (bicyclic) bond motifs is 1. The lowest BCUT2D eigenvalue weighted by Crippen LogP contribution is -2.37. The lowest BCUT2D eigenvalue weighted by molar-refractivity contribution is 0.387. The van der Waals surface area contributed by atoms with Crippen LogP contribution in [0.25, 0.3) is 0 Å². The molecule has 0 bridgehead atoms. The van der Waals surface area contributed by atoms with Crippen molar-refractivity contribution in [3.05, 3.63) is 17.0 Å². The molecule has 1 aromatic heterocycles. The number of aromatic nitrogens is 2. The smallest absolute Gasteiger partial charge is 0.214 e. The molecule has 6 heteroatoms. The maximum absolute atomic E-state index is 11.8. The Morgan fingerprint density at radius 1 is 1.47 bits per heavy atom. The molecular weight excluding hydrogens is 238 g/mol. The molecule has 17 heavy (non-hydrogen) atoms. The normalized spacial score (nSPS) is 17.4. The van der Waals surface area contributed by atoms with Gasteiger partial charge in [-0.15, -0.1) is 0 Å². The minimum atomic E-state index is -3.09. The van der Waals surface area contributed by atoms with Gasteiger partial charge in [0.2, 0.25) is 10.0 Å². The Morgan fingerprint density at radius 3 is 2.76 bits per heavy atom. The fourth-order valence-electron chi connectivity index (χ4n) is 2.22. The van der Waals surface area contributed by atoms with Crippen molar-refractivity contribution in [1.29, 1.82) is 0 Å². The second kappa shape index (κ2) is 4.42. The fraction of sp³-hybridized carbons (Fsp3) is 0.727. The number of hydrogen-bond donors (Lipinski definition) is 1. The molecule has 2 heterocycles. The van der Waals surface area contributed by atoms with Crippen LogP contribution >= 0.6 is 0 Å². The van der Waals surface area contributed by atoms with Crippen LogP contribution in [0.2, 0.25) is 0 Å². The molecule has 2 rings (SSSR count). The van der Waals surface area contributed by atoms with Gasteiger partial charge in [0, 0.05) is 6.54 Å². The first-order valence-electron chi connectivity index (χ1n) is 5.99. The van der Waals surface area contributed by atoms with Gasteiger partial charge in [-0.1, -0.05) is 13.8 Å². The molecule has 96 valence electrons. The highest BCUT2D eigenvalue weighted by Gasteiger charge is 2.28. The minimum Gasteiger partial charge on any atom is -0.281 e. The molecule has 0 spiro atoms. The van der Waals surface area contributed by atoms with Gasteiger partial charge in [0.1, 0.15) is 0 Å². The zero-order chi connectivity index (χ0) is 12.6. The number of aromatic amines is 1. The monoisotopic (exact) mass is 257 g/mol. The van der Waals surface area contributed by atoms with Crippen LogP contribution in [0.4, 0.5) is 0 Å². The standard InChI is InChI=1S/C11H19N3O2S/c1-4-17(15,16)14-6-5-9-10(7-14)12-13-11(9)8(2)3/h8H,4-7H2,1-3H3,(H,12,13). The van der Waals surface area contributed by atoms with Gasteiger partial charge in [-0.2, -0.15) is 9.40 Å². The number of rotatable bonds is 3. The number of sulfonamides is 1. The van der Waals surface area contributed by atoms with Crippen LogP contribution in [0.1, 0.15) is 43.6 Å². The van der Waals surface area contributed by atoms with Crippen LogP contribution in [0, 0.1) is 0 Å². The van der Waals surface area contributed by atoms with Gasteiger partial charge in [0.15, 0.2) is 0 Å².